The minimum absolute atomic E-state index is 0.0496. The Labute approximate surface area is 149 Å². The smallest absolute Gasteiger partial charge is 0.289 e. The predicted molar refractivity (Wildman–Crippen MR) is 95.2 cm³/mol. The van der Waals surface area contributed by atoms with E-state index < -0.39 is 0 Å². The van der Waals surface area contributed by atoms with E-state index in [-0.39, 0.29) is 11.8 Å². The highest BCUT2D eigenvalue weighted by Crippen LogP contribution is 2.16. The van der Waals surface area contributed by atoms with Gasteiger partial charge in [-0.2, -0.15) is 0 Å². The van der Waals surface area contributed by atoms with Crippen LogP contribution in [0, 0.1) is 0 Å². The van der Waals surface area contributed by atoms with Gasteiger partial charge in [0.05, 0.1) is 6.54 Å². The Bertz CT molecular complexity index is 614. The van der Waals surface area contributed by atoms with Gasteiger partial charge in [0.25, 0.3) is 5.91 Å². The number of carbonyl (C=O) groups is 2. The second-order valence-electron chi connectivity index (χ2n) is 7.20. The molecule has 0 radical (unpaired) electrons. The molecular weight excluding hydrogens is 318 g/mol. The molecule has 0 spiro atoms. The van der Waals surface area contributed by atoms with Crippen LogP contribution in [0.5, 0.6) is 0 Å². The van der Waals surface area contributed by atoms with Gasteiger partial charge in [0.15, 0.2) is 5.82 Å². The van der Waals surface area contributed by atoms with Gasteiger partial charge < -0.3 is 14.4 Å². The van der Waals surface area contributed by atoms with E-state index in [0.717, 1.165) is 19.5 Å². The molecule has 138 valence electrons. The molecule has 2 saturated heterocycles. The summed E-state index contributed by atoms with van der Waals surface area (Å²) in [7, 11) is 1.83. The summed E-state index contributed by atoms with van der Waals surface area (Å²) < 4.78 is 1.74. The summed E-state index contributed by atoms with van der Waals surface area (Å²) in [6, 6.07) is 0.492. The number of amides is 2. The molecule has 0 aromatic carbocycles. The molecule has 0 bridgehead atoms. The van der Waals surface area contributed by atoms with Gasteiger partial charge in [-0.1, -0.05) is 6.42 Å². The van der Waals surface area contributed by atoms with Crippen molar-refractivity contribution in [3.05, 3.63) is 18.2 Å². The largest absolute Gasteiger partial charge is 0.340 e. The molecule has 1 unspecified atom stereocenters. The average molecular weight is 347 g/mol. The summed E-state index contributed by atoms with van der Waals surface area (Å²) in [5, 5.41) is 0. The van der Waals surface area contributed by atoms with Gasteiger partial charge in [-0.15, -0.1) is 0 Å². The first-order valence-electron chi connectivity index (χ1n) is 9.34. The summed E-state index contributed by atoms with van der Waals surface area (Å²) >= 11 is 0. The zero-order valence-electron chi connectivity index (χ0n) is 15.4. The van der Waals surface area contributed by atoms with E-state index in [1.165, 1.54) is 19.3 Å². The highest BCUT2D eigenvalue weighted by atomic mass is 16.2. The molecule has 0 N–H and O–H groups in total. The Morgan fingerprint density at radius 2 is 1.84 bits per heavy atom. The van der Waals surface area contributed by atoms with Crippen molar-refractivity contribution in [2.75, 3.05) is 39.3 Å². The number of carbonyl (C=O) groups excluding carboxylic acids is 2. The number of aryl methyl sites for hydroxylation is 1. The highest BCUT2D eigenvalue weighted by Gasteiger charge is 2.27. The monoisotopic (exact) mass is 347 g/mol. The van der Waals surface area contributed by atoms with E-state index >= 15 is 0 Å². The zero-order chi connectivity index (χ0) is 17.8. The van der Waals surface area contributed by atoms with Gasteiger partial charge >= 0.3 is 0 Å². The van der Waals surface area contributed by atoms with Crippen LogP contribution in [0.1, 0.15) is 43.2 Å². The predicted octanol–water partition coefficient (Wildman–Crippen LogP) is 0.969. The van der Waals surface area contributed by atoms with Gasteiger partial charge in [0.1, 0.15) is 0 Å². The molecule has 2 aliphatic rings. The van der Waals surface area contributed by atoms with E-state index in [2.05, 4.69) is 16.8 Å². The molecule has 7 heteroatoms. The minimum Gasteiger partial charge on any atom is -0.340 e. The van der Waals surface area contributed by atoms with Crippen LogP contribution >= 0.6 is 0 Å². The number of likely N-dealkylation sites (tertiary alicyclic amines) is 1. The Morgan fingerprint density at radius 1 is 1.08 bits per heavy atom. The van der Waals surface area contributed by atoms with Crippen molar-refractivity contribution >= 4 is 11.8 Å². The fourth-order valence-corrected chi connectivity index (χ4v) is 3.75. The first-order chi connectivity index (χ1) is 12.1. The van der Waals surface area contributed by atoms with Crippen molar-refractivity contribution in [2.24, 2.45) is 7.05 Å². The van der Waals surface area contributed by atoms with Crippen molar-refractivity contribution < 1.29 is 9.59 Å². The van der Waals surface area contributed by atoms with E-state index in [1.54, 1.807) is 17.0 Å². The van der Waals surface area contributed by atoms with Gasteiger partial charge in [-0.05, 0) is 32.7 Å². The maximum absolute atomic E-state index is 12.7. The number of nitrogens with zero attached hydrogens (tertiary/aromatic N) is 5. The second kappa shape index (κ2) is 7.99. The first-order valence-corrected chi connectivity index (χ1v) is 9.34. The molecular formula is C18H29N5O2. The highest BCUT2D eigenvalue weighted by molar-refractivity contribution is 5.91. The third-order valence-corrected chi connectivity index (χ3v) is 5.43. The molecule has 1 atom stereocenters. The maximum Gasteiger partial charge on any atom is 0.289 e. The lowest BCUT2D eigenvalue weighted by molar-refractivity contribution is -0.133. The third-order valence-electron chi connectivity index (χ3n) is 5.43. The number of imidazole rings is 1. The quantitative estimate of drug-likeness (QED) is 0.817. The van der Waals surface area contributed by atoms with E-state index in [1.807, 2.05) is 16.8 Å². The summed E-state index contributed by atoms with van der Waals surface area (Å²) in [4.78, 5) is 35.5. The topological polar surface area (TPSA) is 61.7 Å². The van der Waals surface area contributed by atoms with Crippen LogP contribution < -0.4 is 0 Å². The van der Waals surface area contributed by atoms with Crippen molar-refractivity contribution in [1.82, 2.24) is 24.3 Å². The summed E-state index contributed by atoms with van der Waals surface area (Å²) in [5.74, 6) is 0.605. The van der Waals surface area contributed by atoms with Gasteiger partial charge in [-0.25, -0.2) is 4.98 Å². The molecule has 0 aliphatic carbocycles. The standard InChI is InChI=1S/C18H29N5O2/c1-15-6-3-4-8-23(15)14-16(24)21-9-5-10-22(13-12-21)18(25)17-19-7-11-20(17)2/h7,11,15H,3-6,8-10,12-14H2,1-2H3. The van der Waals surface area contributed by atoms with Crippen molar-refractivity contribution in [3.8, 4) is 0 Å². The molecule has 2 amide bonds. The molecule has 2 aliphatic heterocycles. The molecule has 3 rings (SSSR count). The average Bonchev–Trinajstić information content (AvgIpc) is 2.88. The van der Waals surface area contributed by atoms with Gasteiger partial charge in [-0.3, -0.25) is 14.5 Å². The third kappa shape index (κ3) is 4.21. The van der Waals surface area contributed by atoms with Crippen LogP contribution in [-0.4, -0.2) is 81.4 Å². The molecule has 0 saturated carbocycles. The normalized spacial score (nSPS) is 22.7. The molecule has 3 heterocycles. The van der Waals surface area contributed by atoms with Crippen LogP contribution in [0.4, 0.5) is 0 Å². The lowest BCUT2D eigenvalue weighted by Gasteiger charge is -2.34. The van der Waals surface area contributed by atoms with Crippen molar-refractivity contribution in [2.45, 2.75) is 38.6 Å². The Kier molecular flexibility index (Phi) is 5.73. The van der Waals surface area contributed by atoms with E-state index in [0.29, 0.717) is 38.0 Å². The minimum atomic E-state index is -0.0496. The maximum atomic E-state index is 12.7. The second-order valence-corrected chi connectivity index (χ2v) is 7.20. The SMILES string of the molecule is CC1CCCCN1CC(=O)N1CCCN(C(=O)c2nccn2C)CC1. The fraction of sp³-hybridized carbons (Fsp3) is 0.722. The molecule has 25 heavy (non-hydrogen) atoms. The lowest BCUT2D eigenvalue weighted by atomic mass is 10.0. The van der Waals surface area contributed by atoms with E-state index in [9.17, 15) is 9.59 Å². The zero-order valence-corrected chi connectivity index (χ0v) is 15.4. The number of hydrogen-bond acceptors (Lipinski definition) is 4. The summed E-state index contributed by atoms with van der Waals surface area (Å²) in [5.41, 5.74) is 0. The van der Waals surface area contributed by atoms with E-state index in [4.69, 9.17) is 0 Å². The Balaban J connectivity index is 1.55. The Hall–Kier alpha value is -1.89. The van der Waals surface area contributed by atoms with Gasteiger partial charge in [0, 0.05) is 51.7 Å². The number of piperidine rings is 1. The van der Waals surface area contributed by atoms with Crippen molar-refractivity contribution in [3.63, 3.8) is 0 Å². The first kappa shape index (κ1) is 17.9. The van der Waals surface area contributed by atoms with Crippen LogP contribution in [0.2, 0.25) is 0 Å². The van der Waals surface area contributed by atoms with Gasteiger partial charge in [0.2, 0.25) is 5.91 Å². The van der Waals surface area contributed by atoms with Crippen LogP contribution in [-0.2, 0) is 11.8 Å². The molecule has 1 aromatic heterocycles. The number of rotatable bonds is 3. The van der Waals surface area contributed by atoms with Crippen LogP contribution in [0.25, 0.3) is 0 Å². The van der Waals surface area contributed by atoms with Crippen molar-refractivity contribution in [1.29, 1.82) is 0 Å². The Morgan fingerprint density at radius 3 is 2.56 bits per heavy atom. The molecule has 7 nitrogen and oxygen atoms in total. The lowest BCUT2D eigenvalue weighted by Crippen LogP contribution is -2.46. The summed E-state index contributed by atoms with van der Waals surface area (Å²) in [6.45, 7) is 6.33. The van der Waals surface area contributed by atoms with Crippen LogP contribution in [0.15, 0.2) is 12.4 Å². The molecule has 2 fully saturated rings. The van der Waals surface area contributed by atoms with Crippen LogP contribution in [0.3, 0.4) is 0 Å². The molecule has 1 aromatic rings. The summed E-state index contributed by atoms with van der Waals surface area (Å²) in [6.07, 6.45) is 7.86. The number of aromatic nitrogens is 2. The fourth-order valence-electron chi connectivity index (χ4n) is 3.75. The number of hydrogen-bond donors (Lipinski definition) is 0.